The van der Waals surface area contributed by atoms with E-state index < -0.39 is 5.97 Å². The summed E-state index contributed by atoms with van der Waals surface area (Å²) in [6.45, 7) is 5.95. The summed E-state index contributed by atoms with van der Waals surface area (Å²) >= 11 is 0. The van der Waals surface area contributed by atoms with E-state index in [-0.39, 0.29) is 5.69 Å². The summed E-state index contributed by atoms with van der Waals surface area (Å²) in [4.78, 5) is 19.5. The molecular formula is C14H19N3O3. The van der Waals surface area contributed by atoms with E-state index in [1.165, 1.54) is 6.07 Å². The molecule has 6 nitrogen and oxygen atoms in total. The summed E-state index contributed by atoms with van der Waals surface area (Å²) in [5.74, 6) is -0.217. The van der Waals surface area contributed by atoms with E-state index >= 15 is 0 Å². The minimum Gasteiger partial charge on any atom is -0.477 e. The maximum Gasteiger partial charge on any atom is 0.354 e. The highest BCUT2D eigenvalue weighted by Crippen LogP contribution is 2.14. The summed E-state index contributed by atoms with van der Waals surface area (Å²) in [7, 11) is 0. The van der Waals surface area contributed by atoms with Crippen molar-refractivity contribution in [3.63, 3.8) is 0 Å². The van der Waals surface area contributed by atoms with Gasteiger partial charge in [0.25, 0.3) is 0 Å². The number of rotatable bonds is 7. The molecule has 0 saturated carbocycles. The number of aryl methyl sites for hydroxylation is 1. The molecule has 0 amide bonds. The molecule has 108 valence electrons. The number of hydrogen-bond donors (Lipinski definition) is 1. The van der Waals surface area contributed by atoms with Gasteiger partial charge >= 0.3 is 5.97 Å². The molecule has 0 unspecified atom stereocenters. The normalized spacial score (nSPS) is 11.1. The Hall–Kier alpha value is -1.95. The third-order valence-corrected chi connectivity index (χ3v) is 3.10. The average molecular weight is 277 g/mol. The van der Waals surface area contributed by atoms with Crippen molar-refractivity contribution < 1.29 is 14.6 Å². The van der Waals surface area contributed by atoms with Gasteiger partial charge in [-0.2, -0.15) is 0 Å². The summed E-state index contributed by atoms with van der Waals surface area (Å²) < 4.78 is 7.43. The smallest absolute Gasteiger partial charge is 0.354 e. The lowest BCUT2D eigenvalue weighted by Crippen LogP contribution is -2.10. The first kappa shape index (κ1) is 14.5. The van der Waals surface area contributed by atoms with E-state index in [0.29, 0.717) is 24.3 Å². The van der Waals surface area contributed by atoms with Crippen LogP contribution < -0.4 is 0 Å². The zero-order valence-electron chi connectivity index (χ0n) is 11.8. The number of pyridine rings is 1. The number of imidazole rings is 1. The fraction of sp³-hybridized carbons (Fsp3) is 0.500. The first-order valence-electron chi connectivity index (χ1n) is 6.78. The van der Waals surface area contributed by atoms with Crippen LogP contribution in [0.1, 0.15) is 36.1 Å². The van der Waals surface area contributed by atoms with Crippen molar-refractivity contribution in [1.29, 1.82) is 0 Å². The van der Waals surface area contributed by atoms with Crippen LogP contribution in [0.3, 0.4) is 0 Å². The van der Waals surface area contributed by atoms with Gasteiger partial charge in [-0.1, -0.05) is 13.3 Å². The van der Waals surface area contributed by atoms with E-state index in [4.69, 9.17) is 9.84 Å². The van der Waals surface area contributed by atoms with Gasteiger partial charge in [-0.3, -0.25) is 0 Å². The minimum absolute atomic E-state index is 0.0329. The zero-order chi connectivity index (χ0) is 14.5. The molecular weight excluding hydrogens is 258 g/mol. The second kappa shape index (κ2) is 6.47. The van der Waals surface area contributed by atoms with Crippen molar-refractivity contribution in [2.75, 3.05) is 13.2 Å². The molecule has 0 bridgehead atoms. The maximum atomic E-state index is 11.0. The van der Waals surface area contributed by atoms with E-state index in [2.05, 4.69) is 16.9 Å². The highest BCUT2D eigenvalue weighted by molar-refractivity contribution is 5.88. The Bertz CT molecular complexity index is 607. The largest absolute Gasteiger partial charge is 0.477 e. The molecule has 0 aliphatic heterocycles. The highest BCUT2D eigenvalue weighted by atomic mass is 16.5. The second-order valence-electron chi connectivity index (χ2n) is 4.62. The van der Waals surface area contributed by atoms with Crippen LogP contribution in [0.4, 0.5) is 0 Å². The average Bonchev–Trinajstić information content (AvgIpc) is 2.73. The van der Waals surface area contributed by atoms with Crippen LogP contribution in [0, 0.1) is 6.92 Å². The molecule has 0 saturated heterocycles. The van der Waals surface area contributed by atoms with Gasteiger partial charge in [0.2, 0.25) is 0 Å². The maximum absolute atomic E-state index is 11.0. The van der Waals surface area contributed by atoms with Crippen molar-refractivity contribution in [3.8, 4) is 0 Å². The number of aromatic nitrogens is 3. The van der Waals surface area contributed by atoms with Gasteiger partial charge < -0.3 is 14.4 Å². The Labute approximate surface area is 117 Å². The standard InChI is InChI=1S/C14H19N3O3/c1-3-4-8-20-9-7-17-10(2)15-11-5-6-12(14(18)19)16-13(11)17/h5-6H,3-4,7-9H2,1-2H3,(H,18,19). The van der Waals surface area contributed by atoms with Crippen LogP contribution in [-0.2, 0) is 11.3 Å². The molecule has 2 aromatic heterocycles. The fourth-order valence-electron chi connectivity index (χ4n) is 2.01. The van der Waals surface area contributed by atoms with Crippen molar-refractivity contribution in [2.24, 2.45) is 0 Å². The number of fused-ring (bicyclic) bond motifs is 1. The van der Waals surface area contributed by atoms with Crippen LogP contribution in [0.5, 0.6) is 0 Å². The van der Waals surface area contributed by atoms with E-state index in [1.807, 2.05) is 11.5 Å². The van der Waals surface area contributed by atoms with Gasteiger partial charge in [0.15, 0.2) is 11.3 Å². The lowest BCUT2D eigenvalue weighted by atomic mass is 10.3. The molecule has 0 spiro atoms. The third kappa shape index (κ3) is 3.14. The summed E-state index contributed by atoms with van der Waals surface area (Å²) in [6, 6.07) is 3.16. The number of carboxylic acids is 1. The van der Waals surface area contributed by atoms with Crippen LogP contribution in [0.15, 0.2) is 12.1 Å². The van der Waals surface area contributed by atoms with Crippen molar-refractivity contribution in [3.05, 3.63) is 23.7 Å². The number of aromatic carboxylic acids is 1. The van der Waals surface area contributed by atoms with E-state index in [1.54, 1.807) is 6.07 Å². The number of unbranched alkanes of at least 4 members (excludes halogenated alkanes) is 1. The molecule has 0 aliphatic rings. The van der Waals surface area contributed by atoms with E-state index in [9.17, 15) is 4.79 Å². The van der Waals surface area contributed by atoms with Gasteiger partial charge in [-0.15, -0.1) is 0 Å². The second-order valence-corrected chi connectivity index (χ2v) is 4.62. The Morgan fingerprint density at radius 1 is 1.35 bits per heavy atom. The quantitative estimate of drug-likeness (QED) is 0.785. The Kier molecular flexibility index (Phi) is 4.68. The molecule has 1 N–H and O–H groups in total. The van der Waals surface area contributed by atoms with Crippen LogP contribution in [0.25, 0.3) is 11.2 Å². The number of carboxylic acid groups (broad SMARTS) is 1. The molecule has 2 rings (SSSR count). The van der Waals surface area contributed by atoms with Crippen LogP contribution in [-0.4, -0.2) is 38.8 Å². The molecule has 2 aromatic rings. The zero-order valence-corrected chi connectivity index (χ0v) is 11.8. The minimum atomic E-state index is -1.03. The van der Waals surface area contributed by atoms with Crippen molar-refractivity contribution in [1.82, 2.24) is 14.5 Å². The molecule has 0 fully saturated rings. The molecule has 0 aromatic carbocycles. The monoisotopic (exact) mass is 277 g/mol. The number of nitrogens with zero attached hydrogens (tertiary/aromatic N) is 3. The van der Waals surface area contributed by atoms with Gasteiger partial charge in [0, 0.05) is 13.2 Å². The summed E-state index contributed by atoms with van der Waals surface area (Å²) in [6.07, 6.45) is 2.15. The summed E-state index contributed by atoms with van der Waals surface area (Å²) in [5.41, 5.74) is 1.34. The predicted molar refractivity (Wildman–Crippen MR) is 75.0 cm³/mol. The van der Waals surface area contributed by atoms with Gasteiger partial charge in [0.1, 0.15) is 11.3 Å². The van der Waals surface area contributed by atoms with E-state index in [0.717, 1.165) is 25.3 Å². The molecule has 0 radical (unpaired) electrons. The number of carbonyl (C=O) groups is 1. The number of hydrogen-bond acceptors (Lipinski definition) is 4. The molecule has 0 atom stereocenters. The Morgan fingerprint density at radius 3 is 2.85 bits per heavy atom. The number of ether oxygens (including phenoxy) is 1. The SMILES string of the molecule is CCCCOCCn1c(C)nc2ccc(C(=O)O)nc21. The summed E-state index contributed by atoms with van der Waals surface area (Å²) in [5, 5.41) is 9.00. The van der Waals surface area contributed by atoms with Crippen LogP contribution >= 0.6 is 0 Å². The lowest BCUT2D eigenvalue weighted by molar-refractivity contribution is 0.0691. The van der Waals surface area contributed by atoms with Gasteiger partial charge in [0.05, 0.1) is 6.61 Å². The molecule has 20 heavy (non-hydrogen) atoms. The first-order chi connectivity index (χ1) is 9.63. The predicted octanol–water partition coefficient (Wildman–Crippen LogP) is 2.25. The topological polar surface area (TPSA) is 77.2 Å². The first-order valence-corrected chi connectivity index (χ1v) is 6.78. The molecule has 2 heterocycles. The third-order valence-electron chi connectivity index (χ3n) is 3.10. The Morgan fingerprint density at radius 2 is 2.15 bits per heavy atom. The van der Waals surface area contributed by atoms with Crippen LogP contribution in [0.2, 0.25) is 0 Å². The molecule has 6 heteroatoms. The van der Waals surface area contributed by atoms with Gasteiger partial charge in [-0.05, 0) is 25.5 Å². The van der Waals surface area contributed by atoms with Crippen molar-refractivity contribution in [2.45, 2.75) is 33.2 Å². The van der Waals surface area contributed by atoms with Crippen molar-refractivity contribution >= 4 is 17.1 Å². The molecule has 0 aliphatic carbocycles. The lowest BCUT2D eigenvalue weighted by Gasteiger charge is -2.07. The van der Waals surface area contributed by atoms with Gasteiger partial charge in [-0.25, -0.2) is 14.8 Å². The highest BCUT2D eigenvalue weighted by Gasteiger charge is 2.12. The fourth-order valence-corrected chi connectivity index (χ4v) is 2.01. The Balaban J connectivity index is 2.16.